The van der Waals surface area contributed by atoms with Crippen molar-refractivity contribution in [3.8, 4) is 5.75 Å². The second kappa shape index (κ2) is 18.6. The minimum Gasteiger partial charge on any atom is -0.497 e. The highest BCUT2D eigenvalue weighted by molar-refractivity contribution is 14.1. The molecular weight excluding hydrogens is 701 g/mol. The second-order valence-corrected chi connectivity index (χ2v) is 19.4. The first-order valence-corrected chi connectivity index (χ1v) is 20.1. The van der Waals surface area contributed by atoms with Crippen LogP contribution in [-0.2, 0) is 30.0 Å². The van der Waals surface area contributed by atoms with Crippen molar-refractivity contribution in [1.29, 1.82) is 0 Å². The molecule has 254 valence electrons. The monoisotopic (exact) mass is 757 g/mol. The number of methoxy groups -OCH3 is 1. The highest BCUT2D eigenvalue weighted by Gasteiger charge is 2.46. The molecule has 1 aromatic carbocycles. The van der Waals surface area contributed by atoms with Gasteiger partial charge in [0.25, 0.3) is 0 Å². The predicted molar refractivity (Wildman–Crippen MR) is 191 cm³/mol. The highest BCUT2D eigenvalue weighted by Crippen LogP contribution is 2.41. The van der Waals surface area contributed by atoms with Gasteiger partial charge >= 0.3 is 6.09 Å². The average molecular weight is 758 g/mol. The standard InChI is InChI=1S/C35H56INO7Si/c1-11-18-41-34(39)37-22-32-25(3)21-31(44-45(9,10)35(5,6)7)33(43-32)26(4)20-28(38)19-24(2)30(16-17-36)42-23-27-12-14-29(40-8)15-13-27/h11-17,24-26,30-33H,1,18-23H2,2-10H3,(H,37,39)/b17-16+/t24-,25+,26-,30+,31-,32+,33-/m0/s1. The van der Waals surface area contributed by atoms with Crippen LogP contribution in [0.15, 0.2) is 47.1 Å². The summed E-state index contributed by atoms with van der Waals surface area (Å²) >= 11 is 2.19. The van der Waals surface area contributed by atoms with Gasteiger partial charge in [0.05, 0.1) is 38.1 Å². The number of halogens is 1. The van der Waals surface area contributed by atoms with E-state index in [1.807, 2.05) is 34.4 Å². The van der Waals surface area contributed by atoms with Gasteiger partial charge in [0, 0.05) is 19.4 Å². The molecular formula is C35H56INO7Si. The number of ketones is 1. The van der Waals surface area contributed by atoms with E-state index in [2.05, 4.69) is 89.1 Å². The number of hydrogen-bond donors (Lipinski definition) is 1. The summed E-state index contributed by atoms with van der Waals surface area (Å²) in [6, 6.07) is 7.81. The molecule has 1 aliphatic heterocycles. The van der Waals surface area contributed by atoms with Gasteiger partial charge in [-0.25, -0.2) is 4.79 Å². The molecule has 0 radical (unpaired) electrons. The van der Waals surface area contributed by atoms with Crippen molar-refractivity contribution in [3.63, 3.8) is 0 Å². The number of amides is 1. The summed E-state index contributed by atoms with van der Waals surface area (Å²) in [5.41, 5.74) is 1.05. The number of carbonyl (C=O) groups is 2. The number of carbonyl (C=O) groups excluding carboxylic acids is 2. The van der Waals surface area contributed by atoms with Crippen molar-refractivity contribution in [1.82, 2.24) is 5.32 Å². The van der Waals surface area contributed by atoms with Crippen LogP contribution < -0.4 is 10.1 Å². The Labute approximate surface area is 286 Å². The molecule has 1 N–H and O–H groups in total. The SMILES string of the molecule is C=CCOC(=O)NC[C@H]1O[C@@H]([C@@H](C)CC(=O)C[C@H](C)[C@@H](/C=C/I)OCc2ccc(OC)cc2)[C@@H](O[Si](C)(C)C(C)(C)C)C[C@H]1C. The zero-order valence-electron chi connectivity index (χ0n) is 28.8. The fourth-order valence-corrected chi connectivity index (χ4v) is 7.05. The summed E-state index contributed by atoms with van der Waals surface area (Å²) in [5.74, 6) is 1.06. The Balaban J connectivity index is 2.11. The number of hydrogen-bond acceptors (Lipinski definition) is 7. The van der Waals surface area contributed by atoms with E-state index in [1.54, 1.807) is 7.11 Å². The van der Waals surface area contributed by atoms with Crippen molar-refractivity contribution in [2.75, 3.05) is 20.3 Å². The number of ether oxygens (including phenoxy) is 4. The van der Waals surface area contributed by atoms with Crippen molar-refractivity contribution in [3.05, 3.63) is 52.6 Å². The molecule has 0 aromatic heterocycles. The summed E-state index contributed by atoms with van der Waals surface area (Å²) < 4.78 is 32.2. The molecule has 1 aromatic rings. The Bertz CT molecular complexity index is 1100. The van der Waals surface area contributed by atoms with Crippen LogP contribution in [0.5, 0.6) is 5.75 Å². The number of nitrogens with one attached hydrogen (secondary N) is 1. The van der Waals surface area contributed by atoms with E-state index in [1.165, 1.54) is 6.08 Å². The van der Waals surface area contributed by atoms with Gasteiger partial charge in [-0.05, 0) is 70.2 Å². The molecule has 1 aliphatic rings. The minimum atomic E-state index is -2.11. The average Bonchev–Trinajstić information content (AvgIpc) is 2.96. The first-order valence-electron chi connectivity index (χ1n) is 16.0. The Morgan fingerprint density at radius 3 is 2.42 bits per heavy atom. The summed E-state index contributed by atoms with van der Waals surface area (Å²) in [4.78, 5) is 25.6. The smallest absolute Gasteiger partial charge is 0.407 e. The van der Waals surface area contributed by atoms with Crippen LogP contribution in [0.25, 0.3) is 0 Å². The van der Waals surface area contributed by atoms with E-state index >= 15 is 0 Å². The third kappa shape index (κ3) is 12.8. The van der Waals surface area contributed by atoms with E-state index in [-0.39, 0.29) is 59.6 Å². The molecule has 7 atom stereocenters. The molecule has 2 rings (SSSR count). The van der Waals surface area contributed by atoms with E-state index in [0.717, 1.165) is 17.7 Å². The van der Waals surface area contributed by atoms with E-state index < -0.39 is 14.4 Å². The summed E-state index contributed by atoms with van der Waals surface area (Å²) in [5, 5.41) is 2.86. The molecule has 1 fully saturated rings. The van der Waals surface area contributed by atoms with Crippen LogP contribution >= 0.6 is 22.6 Å². The minimum absolute atomic E-state index is 0.000865. The van der Waals surface area contributed by atoms with Crippen LogP contribution in [-0.4, -0.2) is 64.9 Å². The molecule has 1 heterocycles. The van der Waals surface area contributed by atoms with Crippen LogP contribution in [0.4, 0.5) is 4.79 Å². The maximum absolute atomic E-state index is 13.5. The van der Waals surface area contributed by atoms with Crippen LogP contribution in [0.2, 0.25) is 18.1 Å². The first-order chi connectivity index (χ1) is 21.1. The van der Waals surface area contributed by atoms with E-state index in [4.69, 9.17) is 23.4 Å². The lowest BCUT2D eigenvalue weighted by Crippen LogP contribution is -2.55. The molecule has 8 nitrogen and oxygen atoms in total. The fourth-order valence-electron chi connectivity index (χ4n) is 5.30. The van der Waals surface area contributed by atoms with Crippen LogP contribution in [0, 0.1) is 17.8 Å². The van der Waals surface area contributed by atoms with Gasteiger partial charge in [0.15, 0.2) is 8.32 Å². The molecule has 0 spiro atoms. The molecule has 0 bridgehead atoms. The Morgan fingerprint density at radius 2 is 1.84 bits per heavy atom. The molecule has 0 saturated carbocycles. The van der Waals surface area contributed by atoms with Crippen molar-refractivity contribution >= 4 is 42.8 Å². The molecule has 0 aliphatic carbocycles. The Hall–Kier alpha value is -1.73. The zero-order chi connectivity index (χ0) is 33.8. The molecule has 45 heavy (non-hydrogen) atoms. The van der Waals surface area contributed by atoms with Gasteiger partial charge in [-0.1, -0.05) is 88.9 Å². The van der Waals surface area contributed by atoms with Crippen molar-refractivity contribution < 1.29 is 33.0 Å². The van der Waals surface area contributed by atoms with Gasteiger partial charge in [0.2, 0.25) is 0 Å². The topological polar surface area (TPSA) is 92.3 Å². The fraction of sp³-hybridized carbons (Fsp3) is 0.657. The lowest BCUT2D eigenvalue weighted by atomic mass is 9.83. The second-order valence-electron chi connectivity index (χ2n) is 13.9. The van der Waals surface area contributed by atoms with Crippen LogP contribution in [0.3, 0.4) is 0 Å². The summed E-state index contributed by atoms with van der Waals surface area (Å²) in [6.07, 6.45) is 3.80. The number of Topliss-reactive ketones (excluding diaryl/α,β-unsaturated/α-hetero) is 1. The molecule has 10 heteroatoms. The third-order valence-corrected chi connectivity index (χ3v) is 14.0. The lowest BCUT2D eigenvalue weighted by Gasteiger charge is -2.47. The van der Waals surface area contributed by atoms with Gasteiger partial charge in [-0.3, -0.25) is 4.79 Å². The quantitative estimate of drug-likeness (QED) is 0.0973. The predicted octanol–water partition coefficient (Wildman–Crippen LogP) is 8.25. The lowest BCUT2D eigenvalue weighted by molar-refractivity contribution is -0.156. The Morgan fingerprint density at radius 1 is 1.18 bits per heavy atom. The largest absolute Gasteiger partial charge is 0.497 e. The van der Waals surface area contributed by atoms with Gasteiger partial charge < -0.3 is 28.7 Å². The van der Waals surface area contributed by atoms with Crippen LogP contribution in [0.1, 0.15) is 66.4 Å². The Kier molecular flexibility index (Phi) is 16.3. The zero-order valence-corrected chi connectivity index (χ0v) is 31.9. The molecule has 1 amide bonds. The third-order valence-electron chi connectivity index (χ3n) is 9.05. The highest BCUT2D eigenvalue weighted by atomic mass is 127. The first kappa shape index (κ1) is 39.4. The van der Waals surface area contributed by atoms with E-state index in [0.29, 0.717) is 26.0 Å². The summed E-state index contributed by atoms with van der Waals surface area (Å²) in [6.45, 7) is 22.0. The summed E-state index contributed by atoms with van der Waals surface area (Å²) in [7, 11) is -0.464. The number of benzene rings is 1. The maximum atomic E-state index is 13.5. The van der Waals surface area contributed by atoms with Gasteiger partial charge in [-0.2, -0.15) is 0 Å². The number of alkyl carbamates (subject to hydrolysis) is 1. The molecule has 0 unspecified atom stereocenters. The number of rotatable bonds is 17. The van der Waals surface area contributed by atoms with Crippen molar-refractivity contribution in [2.24, 2.45) is 17.8 Å². The van der Waals surface area contributed by atoms with E-state index in [9.17, 15) is 9.59 Å². The van der Waals surface area contributed by atoms with Crippen molar-refractivity contribution in [2.45, 2.75) is 110 Å². The van der Waals surface area contributed by atoms with Gasteiger partial charge in [0.1, 0.15) is 18.1 Å². The normalized spacial score (nSPS) is 22.8. The maximum Gasteiger partial charge on any atom is 0.407 e. The molecule has 1 saturated heterocycles. The van der Waals surface area contributed by atoms with Gasteiger partial charge in [-0.15, -0.1) is 0 Å².